The van der Waals surface area contributed by atoms with Gasteiger partial charge in [-0.15, -0.1) is 0 Å². The molecule has 0 saturated carbocycles. The van der Waals surface area contributed by atoms with Crippen LogP contribution < -0.4 is 10.9 Å². The van der Waals surface area contributed by atoms with E-state index in [1.807, 2.05) is 13.0 Å². The number of nitrogens with zero attached hydrogens (tertiary/aromatic N) is 2. The Hall–Kier alpha value is -1.69. The van der Waals surface area contributed by atoms with Gasteiger partial charge in [-0.05, 0) is 46.5 Å². The van der Waals surface area contributed by atoms with E-state index in [4.69, 9.17) is 0 Å². The van der Waals surface area contributed by atoms with Gasteiger partial charge >= 0.3 is 0 Å². The predicted octanol–water partition coefficient (Wildman–Crippen LogP) is 3.21. The summed E-state index contributed by atoms with van der Waals surface area (Å²) >= 11 is 3.30. The predicted molar refractivity (Wildman–Crippen MR) is 85.1 cm³/mol. The van der Waals surface area contributed by atoms with Crippen LogP contribution in [0.4, 0.5) is 10.1 Å². The Labute approximate surface area is 131 Å². The lowest BCUT2D eigenvalue weighted by molar-refractivity contribution is 0.566. The summed E-state index contributed by atoms with van der Waals surface area (Å²) in [5, 5.41) is 7.27. The number of hydrogen-bond donors (Lipinski definition) is 1. The minimum Gasteiger partial charge on any atom is -0.382 e. The van der Waals surface area contributed by atoms with Gasteiger partial charge < -0.3 is 5.32 Å². The van der Waals surface area contributed by atoms with Crippen molar-refractivity contribution in [2.24, 2.45) is 0 Å². The first-order valence-electron chi connectivity index (χ1n) is 6.85. The Morgan fingerprint density at radius 2 is 2.24 bits per heavy atom. The molecule has 0 amide bonds. The van der Waals surface area contributed by atoms with Gasteiger partial charge in [0.05, 0.1) is 11.9 Å². The van der Waals surface area contributed by atoms with Crippen molar-refractivity contribution in [2.45, 2.75) is 26.3 Å². The largest absolute Gasteiger partial charge is 0.382 e. The topological polar surface area (TPSA) is 46.9 Å². The third kappa shape index (κ3) is 4.14. The number of anilines is 1. The third-order valence-corrected chi connectivity index (χ3v) is 3.80. The van der Waals surface area contributed by atoms with E-state index < -0.39 is 0 Å². The molecule has 21 heavy (non-hydrogen) atoms. The minimum atomic E-state index is -0.238. The highest BCUT2D eigenvalue weighted by Crippen LogP contribution is 2.16. The summed E-state index contributed by atoms with van der Waals surface area (Å²) in [6, 6.07) is 6.49. The molecule has 1 aromatic heterocycles. The minimum absolute atomic E-state index is 0.146. The van der Waals surface area contributed by atoms with Crippen molar-refractivity contribution in [2.75, 3.05) is 11.9 Å². The van der Waals surface area contributed by atoms with Gasteiger partial charge in [0.2, 0.25) is 0 Å². The second-order valence-corrected chi connectivity index (χ2v) is 5.50. The molecule has 0 fully saturated rings. The molecule has 1 heterocycles. The highest BCUT2D eigenvalue weighted by molar-refractivity contribution is 9.10. The normalized spacial score (nSPS) is 10.6. The number of aromatic nitrogens is 2. The summed E-state index contributed by atoms with van der Waals surface area (Å²) in [6.07, 6.45) is 3.15. The van der Waals surface area contributed by atoms with Crippen molar-refractivity contribution >= 4 is 21.6 Å². The smallest absolute Gasteiger partial charge is 0.283 e. The molecule has 0 unspecified atom stereocenters. The Morgan fingerprint density at radius 3 is 2.95 bits per heavy atom. The van der Waals surface area contributed by atoms with Crippen LogP contribution in [0, 0.1) is 5.82 Å². The molecule has 112 valence electrons. The fourth-order valence-corrected chi connectivity index (χ4v) is 2.44. The van der Waals surface area contributed by atoms with Crippen LogP contribution >= 0.6 is 15.9 Å². The number of aryl methyl sites for hydroxylation is 1. The summed E-state index contributed by atoms with van der Waals surface area (Å²) in [5.41, 5.74) is 1.42. The molecule has 0 spiro atoms. The fourth-order valence-electron chi connectivity index (χ4n) is 1.99. The van der Waals surface area contributed by atoms with Crippen LogP contribution in [0.5, 0.6) is 0 Å². The number of hydrogen-bond acceptors (Lipinski definition) is 3. The van der Waals surface area contributed by atoms with E-state index in [9.17, 15) is 9.18 Å². The lowest BCUT2D eigenvalue weighted by Crippen LogP contribution is -2.24. The molecule has 2 rings (SSSR count). The van der Waals surface area contributed by atoms with E-state index in [0.717, 1.165) is 12.0 Å². The maximum Gasteiger partial charge on any atom is 0.283 e. The molecule has 6 heteroatoms. The molecule has 0 radical (unpaired) electrons. The van der Waals surface area contributed by atoms with Gasteiger partial charge in [-0.25, -0.2) is 9.07 Å². The molecule has 0 aliphatic rings. The molecule has 4 nitrogen and oxygen atoms in total. The summed E-state index contributed by atoms with van der Waals surface area (Å²) < 4.78 is 15.0. The SMILES string of the molecule is CCCn1ncc(NCCc2cccc(F)c2)c(Br)c1=O. The second-order valence-electron chi connectivity index (χ2n) is 4.71. The number of benzene rings is 1. The van der Waals surface area contributed by atoms with Gasteiger partial charge in [-0.2, -0.15) is 5.10 Å². The first kappa shape index (κ1) is 15.7. The van der Waals surface area contributed by atoms with Crippen molar-refractivity contribution < 1.29 is 4.39 Å². The number of nitrogens with one attached hydrogen (secondary N) is 1. The van der Waals surface area contributed by atoms with Crippen LogP contribution in [0.1, 0.15) is 18.9 Å². The van der Waals surface area contributed by atoms with Crippen LogP contribution in [-0.2, 0) is 13.0 Å². The summed E-state index contributed by atoms with van der Waals surface area (Å²) in [6.45, 7) is 3.19. The molecule has 2 aromatic rings. The molecule has 0 saturated heterocycles. The molecule has 1 aromatic carbocycles. The zero-order valence-electron chi connectivity index (χ0n) is 11.8. The van der Waals surface area contributed by atoms with E-state index >= 15 is 0 Å². The van der Waals surface area contributed by atoms with E-state index in [1.54, 1.807) is 12.3 Å². The Kier molecular flexibility index (Phi) is 5.50. The molecular formula is C15H17BrFN3O. The first-order valence-corrected chi connectivity index (χ1v) is 7.65. The average molecular weight is 354 g/mol. The average Bonchev–Trinajstić information content (AvgIpc) is 2.47. The summed E-state index contributed by atoms with van der Waals surface area (Å²) in [4.78, 5) is 12.0. The Bertz CT molecular complexity index is 672. The van der Waals surface area contributed by atoms with Gasteiger partial charge in [0.1, 0.15) is 10.3 Å². The third-order valence-electron chi connectivity index (χ3n) is 3.04. The molecule has 0 aliphatic carbocycles. The van der Waals surface area contributed by atoms with Crippen LogP contribution in [0.15, 0.2) is 39.7 Å². The number of rotatable bonds is 6. The zero-order chi connectivity index (χ0) is 15.2. The molecule has 0 bridgehead atoms. The molecule has 1 N–H and O–H groups in total. The van der Waals surface area contributed by atoms with Gasteiger partial charge in [-0.3, -0.25) is 4.79 Å². The van der Waals surface area contributed by atoms with Crippen molar-refractivity contribution in [3.8, 4) is 0 Å². The van der Waals surface area contributed by atoms with Crippen molar-refractivity contribution in [1.82, 2.24) is 9.78 Å². The van der Waals surface area contributed by atoms with Crippen molar-refractivity contribution in [1.29, 1.82) is 0 Å². The second kappa shape index (κ2) is 7.36. The molecular weight excluding hydrogens is 337 g/mol. The zero-order valence-corrected chi connectivity index (χ0v) is 13.4. The first-order chi connectivity index (χ1) is 10.1. The van der Waals surface area contributed by atoms with Crippen molar-refractivity contribution in [3.05, 3.63) is 56.7 Å². The van der Waals surface area contributed by atoms with Crippen LogP contribution in [0.2, 0.25) is 0 Å². The summed E-state index contributed by atoms with van der Waals surface area (Å²) in [5.74, 6) is -0.238. The van der Waals surface area contributed by atoms with Crippen LogP contribution in [-0.4, -0.2) is 16.3 Å². The highest BCUT2D eigenvalue weighted by Gasteiger charge is 2.07. The Balaban J connectivity index is 2.00. The lowest BCUT2D eigenvalue weighted by atomic mass is 10.1. The maximum atomic E-state index is 13.1. The summed E-state index contributed by atoms with van der Waals surface area (Å²) in [7, 11) is 0. The van der Waals surface area contributed by atoms with Gasteiger partial charge in [0.25, 0.3) is 5.56 Å². The highest BCUT2D eigenvalue weighted by atomic mass is 79.9. The maximum absolute atomic E-state index is 13.1. The van der Waals surface area contributed by atoms with E-state index in [0.29, 0.717) is 29.7 Å². The van der Waals surface area contributed by atoms with Gasteiger partial charge in [-0.1, -0.05) is 19.1 Å². The van der Waals surface area contributed by atoms with Gasteiger partial charge in [0.15, 0.2) is 0 Å². The van der Waals surface area contributed by atoms with Crippen molar-refractivity contribution in [3.63, 3.8) is 0 Å². The molecule has 0 aliphatic heterocycles. The quantitative estimate of drug-likeness (QED) is 0.867. The van der Waals surface area contributed by atoms with E-state index in [1.165, 1.54) is 16.8 Å². The monoisotopic (exact) mass is 353 g/mol. The number of halogens is 2. The Morgan fingerprint density at radius 1 is 1.43 bits per heavy atom. The van der Waals surface area contributed by atoms with Gasteiger partial charge in [0, 0.05) is 13.1 Å². The van der Waals surface area contributed by atoms with Crippen LogP contribution in [0.25, 0.3) is 0 Å². The fraction of sp³-hybridized carbons (Fsp3) is 0.333. The molecule has 0 atom stereocenters. The van der Waals surface area contributed by atoms with Crippen LogP contribution in [0.3, 0.4) is 0 Å². The van der Waals surface area contributed by atoms with E-state index in [2.05, 4.69) is 26.3 Å². The van der Waals surface area contributed by atoms with E-state index in [-0.39, 0.29) is 11.4 Å². The lowest BCUT2D eigenvalue weighted by Gasteiger charge is -2.10. The standard InChI is InChI=1S/C15H17BrFN3O/c1-2-8-20-15(21)14(16)13(10-19-20)18-7-6-11-4-3-5-12(17)9-11/h3-5,9-10,18H,2,6-8H2,1H3.